The van der Waals surface area contributed by atoms with Gasteiger partial charge in [0.2, 0.25) is 10.0 Å². The van der Waals surface area contributed by atoms with E-state index in [1.807, 2.05) is 18.4 Å². The van der Waals surface area contributed by atoms with Gasteiger partial charge in [-0.3, -0.25) is 9.52 Å². The highest BCUT2D eigenvalue weighted by Gasteiger charge is 2.28. The van der Waals surface area contributed by atoms with Crippen molar-refractivity contribution in [3.8, 4) is 0 Å². The Morgan fingerprint density at radius 1 is 1.28 bits per heavy atom. The summed E-state index contributed by atoms with van der Waals surface area (Å²) >= 11 is 0. The molecule has 0 radical (unpaired) electrons. The number of hydrogen-bond donors (Lipinski definition) is 1. The third-order valence-electron chi connectivity index (χ3n) is 4.27. The minimum Gasteiger partial charge on any atom is -0.329 e. The Balaban J connectivity index is 1.76. The lowest BCUT2D eigenvalue weighted by Gasteiger charge is -2.32. The van der Waals surface area contributed by atoms with Crippen LogP contribution in [0.2, 0.25) is 0 Å². The van der Waals surface area contributed by atoms with Gasteiger partial charge in [-0.05, 0) is 45.0 Å². The van der Waals surface area contributed by atoms with Crippen molar-refractivity contribution in [2.75, 3.05) is 17.0 Å². The van der Waals surface area contributed by atoms with Gasteiger partial charge in [0.25, 0.3) is 5.91 Å². The van der Waals surface area contributed by atoms with Crippen molar-refractivity contribution in [2.24, 2.45) is 0 Å². The Kier molecular flexibility index (Phi) is 4.51. The van der Waals surface area contributed by atoms with Crippen molar-refractivity contribution in [1.82, 2.24) is 19.7 Å². The summed E-state index contributed by atoms with van der Waals surface area (Å²) in [5, 5.41) is 8.22. The molecule has 134 valence electrons. The lowest BCUT2D eigenvalue weighted by molar-refractivity contribution is 0.0680. The first kappa shape index (κ1) is 17.4. The Hall–Kier alpha value is -2.42. The number of carbonyl (C=O) groups excluding carboxylic acids is 1. The number of nitrogens with zero attached hydrogens (tertiary/aromatic N) is 4. The number of aryl methyl sites for hydroxylation is 1. The molecule has 25 heavy (non-hydrogen) atoms. The zero-order chi connectivity index (χ0) is 18.2. The first-order valence-corrected chi connectivity index (χ1v) is 9.76. The van der Waals surface area contributed by atoms with E-state index in [2.05, 4.69) is 14.9 Å². The van der Waals surface area contributed by atoms with Gasteiger partial charge in [-0.15, -0.1) is 10.2 Å². The topological polar surface area (TPSA) is 97.2 Å². The fraction of sp³-hybridized carbons (Fsp3) is 0.438. The minimum absolute atomic E-state index is 0.000548. The molecule has 1 aliphatic heterocycles. The number of carbonyl (C=O) groups is 1. The van der Waals surface area contributed by atoms with Crippen LogP contribution >= 0.6 is 0 Å². The highest BCUT2D eigenvalue weighted by atomic mass is 32.2. The van der Waals surface area contributed by atoms with E-state index in [4.69, 9.17) is 0 Å². The van der Waals surface area contributed by atoms with Gasteiger partial charge in [-0.1, -0.05) is 0 Å². The molecule has 0 bridgehead atoms. The van der Waals surface area contributed by atoms with E-state index in [0.717, 1.165) is 11.6 Å². The van der Waals surface area contributed by atoms with Gasteiger partial charge < -0.3 is 9.47 Å². The molecule has 0 aliphatic carbocycles. The second-order valence-corrected chi connectivity index (χ2v) is 8.16. The van der Waals surface area contributed by atoms with Gasteiger partial charge in [0.05, 0.1) is 18.3 Å². The fourth-order valence-electron chi connectivity index (χ4n) is 3.00. The zero-order valence-electron chi connectivity index (χ0n) is 14.4. The Labute approximate surface area is 146 Å². The van der Waals surface area contributed by atoms with Crippen LogP contribution in [0.3, 0.4) is 0 Å². The van der Waals surface area contributed by atoms with Crippen molar-refractivity contribution in [3.63, 3.8) is 0 Å². The van der Waals surface area contributed by atoms with E-state index in [9.17, 15) is 13.2 Å². The summed E-state index contributed by atoms with van der Waals surface area (Å²) in [5.74, 6) is 1.52. The highest BCUT2D eigenvalue weighted by molar-refractivity contribution is 7.92. The summed E-state index contributed by atoms with van der Waals surface area (Å²) in [5.41, 5.74) is 0.956. The van der Waals surface area contributed by atoms with Gasteiger partial charge in [-0.25, -0.2) is 8.42 Å². The average molecular weight is 363 g/mol. The van der Waals surface area contributed by atoms with Gasteiger partial charge in [-0.2, -0.15) is 0 Å². The zero-order valence-corrected chi connectivity index (χ0v) is 15.2. The smallest absolute Gasteiger partial charge is 0.254 e. The summed E-state index contributed by atoms with van der Waals surface area (Å²) in [4.78, 5) is 14.5. The van der Waals surface area contributed by atoms with Crippen LogP contribution in [0.15, 0.2) is 24.3 Å². The molecule has 0 fully saturated rings. The van der Waals surface area contributed by atoms with Gasteiger partial charge >= 0.3 is 0 Å². The summed E-state index contributed by atoms with van der Waals surface area (Å²) < 4.78 is 27.7. The molecule has 9 heteroatoms. The number of fused-ring (bicyclic) bond motifs is 1. The third kappa shape index (κ3) is 3.51. The summed E-state index contributed by atoms with van der Waals surface area (Å²) in [6, 6.07) is 6.57. The second-order valence-electron chi connectivity index (χ2n) is 6.15. The van der Waals surface area contributed by atoms with Gasteiger partial charge in [0.1, 0.15) is 5.82 Å². The molecule has 0 unspecified atom stereocenters. The predicted octanol–water partition coefficient (Wildman–Crippen LogP) is 1.57. The van der Waals surface area contributed by atoms with E-state index >= 15 is 0 Å². The molecule has 1 atom stereocenters. The SMILES string of the molecule is CCS(=O)(=O)Nc1ccc(C(=O)N2Cc3nnc(C)n3[C@@H](C)C2)cc1. The number of hydrogen-bond acceptors (Lipinski definition) is 5. The first-order valence-electron chi connectivity index (χ1n) is 8.11. The molecule has 1 N–H and O–H groups in total. The molecule has 2 aromatic rings. The maximum atomic E-state index is 12.7. The van der Waals surface area contributed by atoms with E-state index < -0.39 is 10.0 Å². The summed E-state index contributed by atoms with van der Waals surface area (Å²) in [6.07, 6.45) is 0. The van der Waals surface area contributed by atoms with E-state index in [1.54, 1.807) is 36.1 Å². The fourth-order valence-corrected chi connectivity index (χ4v) is 3.64. The second kappa shape index (κ2) is 6.47. The molecule has 8 nitrogen and oxygen atoms in total. The Morgan fingerprint density at radius 3 is 2.60 bits per heavy atom. The third-order valence-corrected chi connectivity index (χ3v) is 5.57. The van der Waals surface area contributed by atoms with E-state index in [-0.39, 0.29) is 17.7 Å². The molecular weight excluding hydrogens is 342 g/mol. The summed E-state index contributed by atoms with van der Waals surface area (Å²) in [6.45, 7) is 6.49. The molecule has 0 saturated heterocycles. The van der Waals surface area contributed by atoms with Crippen LogP contribution in [0.1, 0.15) is 41.9 Å². The van der Waals surface area contributed by atoms with Crippen LogP contribution < -0.4 is 4.72 Å². The van der Waals surface area contributed by atoms with Crippen LogP contribution in [-0.4, -0.2) is 46.3 Å². The van der Waals surface area contributed by atoms with Gasteiger partial charge in [0.15, 0.2) is 5.82 Å². The molecular formula is C16H21N5O3S. The molecule has 0 saturated carbocycles. The van der Waals surface area contributed by atoms with Crippen molar-refractivity contribution < 1.29 is 13.2 Å². The molecule has 0 spiro atoms. The van der Waals surface area contributed by atoms with Crippen molar-refractivity contribution >= 4 is 21.6 Å². The molecule has 1 aliphatic rings. The number of sulfonamides is 1. The number of nitrogens with one attached hydrogen (secondary N) is 1. The molecule has 2 heterocycles. The minimum atomic E-state index is -3.33. The molecule has 1 aromatic heterocycles. The Bertz CT molecular complexity index is 889. The van der Waals surface area contributed by atoms with Crippen LogP contribution in [0, 0.1) is 6.92 Å². The van der Waals surface area contributed by atoms with Crippen molar-refractivity contribution in [1.29, 1.82) is 0 Å². The number of amides is 1. The van der Waals surface area contributed by atoms with Crippen LogP contribution in [-0.2, 0) is 16.6 Å². The monoisotopic (exact) mass is 363 g/mol. The maximum absolute atomic E-state index is 12.7. The first-order chi connectivity index (χ1) is 11.8. The maximum Gasteiger partial charge on any atom is 0.254 e. The van der Waals surface area contributed by atoms with Crippen LogP contribution in [0.4, 0.5) is 5.69 Å². The molecule has 3 rings (SSSR count). The number of aromatic nitrogens is 3. The standard InChI is InChI=1S/C16H21N5O3S/c1-4-25(23,24)19-14-7-5-13(6-8-14)16(22)20-9-11(2)21-12(3)17-18-15(21)10-20/h5-8,11,19H,4,9-10H2,1-3H3/t11-/m0/s1. The van der Waals surface area contributed by atoms with Gasteiger partial charge in [0, 0.05) is 17.8 Å². The van der Waals surface area contributed by atoms with Crippen molar-refractivity contribution in [3.05, 3.63) is 41.5 Å². The number of rotatable bonds is 4. The molecule has 1 amide bonds. The predicted molar refractivity (Wildman–Crippen MR) is 93.7 cm³/mol. The number of benzene rings is 1. The van der Waals surface area contributed by atoms with Crippen LogP contribution in [0.25, 0.3) is 0 Å². The lowest BCUT2D eigenvalue weighted by Crippen LogP contribution is -2.40. The normalized spacial score (nSPS) is 17.2. The summed E-state index contributed by atoms with van der Waals surface area (Å²) in [7, 11) is -3.33. The highest BCUT2D eigenvalue weighted by Crippen LogP contribution is 2.23. The average Bonchev–Trinajstić information content (AvgIpc) is 2.96. The quantitative estimate of drug-likeness (QED) is 0.889. The number of anilines is 1. The lowest BCUT2D eigenvalue weighted by atomic mass is 10.1. The van der Waals surface area contributed by atoms with E-state index in [0.29, 0.717) is 24.3 Å². The van der Waals surface area contributed by atoms with Crippen molar-refractivity contribution in [2.45, 2.75) is 33.4 Å². The molecule has 1 aromatic carbocycles. The Morgan fingerprint density at radius 2 is 1.96 bits per heavy atom. The van der Waals surface area contributed by atoms with Crippen LogP contribution in [0.5, 0.6) is 0 Å². The largest absolute Gasteiger partial charge is 0.329 e. The van der Waals surface area contributed by atoms with E-state index in [1.165, 1.54) is 0 Å².